The summed E-state index contributed by atoms with van der Waals surface area (Å²) in [6.07, 6.45) is 2.93. The molecule has 1 saturated heterocycles. The molecular weight excluding hydrogens is 154 g/mol. The van der Waals surface area contributed by atoms with Crippen molar-refractivity contribution in [1.29, 1.82) is 0 Å². The first kappa shape index (κ1) is 9.48. The van der Waals surface area contributed by atoms with E-state index in [1.54, 1.807) is 0 Å². The lowest BCUT2D eigenvalue weighted by atomic mass is 10.2. The highest BCUT2D eigenvalue weighted by Crippen LogP contribution is 2.03. The van der Waals surface area contributed by atoms with Crippen molar-refractivity contribution < 1.29 is 4.79 Å². The van der Waals surface area contributed by atoms with Gasteiger partial charge in [-0.1, -0.05) is 0 Å². The molecule has 1 heterocycles. The molecule has 1 aliphatic rings. The summed E-state index contributed by atoms with van der Waals surface area (Å²) in [5.41, 5.74) is 5.30. The van der Waals surface area contributed by atoms with Crippen molar-refractivity contribution in [2.45, 2.75) is 25.3 Å². The number of hydrogen-bond acceptors (Lipinski definition) is 3. The van der Waals surface area contributed by atoms with E-state index in [0.29, 0.717) is 13.1 Å². The van der Waals surface area contributed by atoms with E-state index in [-0.39, 0.29) is 11.9 Å². The number of carbonyl (C=O) groups is 1. The van der Waals surface area contributed by atoms with Crippen molar-refractivity contribution in [2.75, 3.05) is 19.6 Å². The van der Waals surface area contributed by atoms with Crippen molar-refractivity contribution >= 4 is 5.91 Å². The summed E-state index contributed by atoms with van der Waals surface area (Å²) in [4.78, 5) is 11.3. The normalized spacial score (nSPS) is 22.6. The molecule has 1 aliphatic heterocycles. The van der Waals surface area contributed by atoms with Crippen molar-refractivity contribution in [1.82, 2.24) is 10.6 Å². The SMILES string of the molecule is NCCCNC(=O)[C@@H]1CCCN1. The Labute approximate surface area is 72.9 Å². The molecule has 1 amide bonds. The first-order chi connectivity index (χ1) is 5.84. The van der Waals surface area contributed by atoms with E-state index in [1.165, 1.54) is 0 Å². The van der Waals surface area contributed by atoms with Gasteiger partial charge in [-0.15, -0.1) is 0 Å². The van der Waals surface area contributed by atoms with Gasteiger partial charge in [-0.3, -0.25) is 4.79 Å². The van der Waals surface area contributed by atoms with E-state index in [9.17, 15) is 4.79 Å². The maximum Gasteiger partial charge on any atom is 0.237 e. The summed E-state index contributed by atoms with van der Waals surface area (Å²) in [6.45, 7) is 2.31. The third-order valence-corrected chi connectivity index (χ3v) is 2.06. The molecule has 1 fully saturated rings. The molecule has 0 aliphatic carbocycles. The highest BCUT2D eigenvalue weighted by Gasteiger charge is 2.20. The van der Waals surface area contributed by atoms with Gasteiger partial charge in [0.1, 0.15) is 0 Å². The zero-order chi connectivity index (χ0) is 8.81. The maximum atomic E-state index is 11.3. The molecule has 4 heteroatoms. The van der Waals surface area contributed by atoms with Crippen LogP contribution in [0, 0.1) is 0 Å². The molecule has 70 valence electrons. The van der Waals surface area contributed by atoms with Crippen LogP contribution in [0.4, 0.5) is 0 Å². The number of hydrogen-bond donors (Lipinski definition) is 3. The lowest BCUT2D eigenvalue weighted by Crippen LogP contribution is -2.41. The summed E-state index contributed by atoms with van der Waals surface area (Å²) in [7, 11) is 0. The third kappa shape index (κ3) is 2.79. The van der Waals surface area contributed by atoms with Crippen LogP contribution in [0.3, 0.4) is 0 Å². The fourth-order valence-corrected chi connectivity index (χ4v) is 1.35. The minimum absolute atomic E-state index is 0.0442. The van der Waals surface area contributed by atoms with Crippen LogP contribution in [-0.2, 0) is 4.79 Å². The fraction of sp³-hybridized carbons (Fsp3) is 0.875. The molecule has 1 rings (SSSR count). The first-order valence-corrected chi connectivity index (χ1v) is 4.56. The molecule has 0 aromatic carbocycles. The van der Waals surface area contributed by atoms with E-state index in [4.69, 9.17) is 5.73 Å². The molecule has 0 bridgehead atoms. The van der Waals surface area contributed by atoms with Crippen molar-refractivity contribution in [3.63, 3.8) is 0 Å². The minimum Gasteiger partial charge on any atom is -0.355 e. The predicted molar refractivity (Wildman–Crippen MR) is 47.7 cm³/mol. The fourth-order valence-electron chi connectivity index (χ4n) is 1.35. The van der Waals surface area contributed by atoms with Gasteiger partial charge in [0.05, 0.1) is 6.04 Å². The van der Waals surface area contributed by atoms with Gasteiger partial charge in [0.15, 0.2) is 0 Å². The van der Waals surface area contributed by atoms with Crippen molar-refractivity contribution in [2.24, 2.45) is 5.73 Å². The Hall–Kier alpha value is -0.610. The number of carbonyl (C=O) groups excluding carboxylic acids is 1. The zero-order valence-electron chi connectivity index (χ0n) is 7.31. The lowest BCUT2D eigenvalue weighted by Gasteiger charge is -2.09. The second-order valence-corrected chi connectivity index (χ2v) is 3.08. The van der Waals surface area contributed by atoms with Gasteiger partial charge in [0.2, 0.25) is 5.91 Å². The summed E-state index contributed by atoms with van der Waals surface area (Å²) < 4.78 is 0. The lowest BCUT2D eigenvalue weighted by molar-refractivity contribution is -0.122. The van der Waals surface area contributed by atoms with Crippen molar-refractivity contribution in [3.8, 4) is 0 Å². The summed E-state index contributed by atoms with van der Waals surface area (Å²) in [6, 6.07) is 0.0442. The maximum absolute atomic E-state index is 11.3. The van der Waals surface area contributed by atoms with Crippen LogP contribution < -0.4 is 16.4 Å². The molecule has 1 atom stereocenters. The van der Waals surface area contributed by atoms with Crippen LogP contribution >= 0.6 is 0 Å². The molecule has 4 N–H and O–H groups in total. The Morgan fingerprint density at radius 1 is 1.67 bits per heavy atom. The number of nitrogens with one attached hydrogen (secondary N) is 2. The highest BCUT2D eigenvalue weighted by molar-refractivity contribution is 5.81. The Morgan fingerprint density at radius 3 is 3.08 bits per heavy atom. The Morgan fingerprint density at radius 2 is 2.50 bits per heavy atom. The topological polar surface area (TPSA) is 67.1 Å². The van der Waals surface area contributed by atoms with Gasteiger partial charge in [0, 0.05) is 6.54 Å². The average Bonchev–Trinajstić information content (AvgIpc) is 2.56. The quantitative estimate of drug-likeness (QED) is 0.485. The van der Waals surface area contributed by atoms with E-state index in [0.717, 1.165) is 25.8 Å². The Bertz CT molecular complexity index is 143. The second kappa shape index (κ2) is 5.11. The van der Waals surface area contributed by atoms with E-state index >= 15 is 0 Å². The Balaban J connectivity index is 2.10. The smallest absolute Gasteiger partial charge is 0.237 e. The van der Waals surface area contributed by atoms with Crippen LogP contribution in [0.15, 0.2) is 0 Å². The first-order valence-electron chi connectivity index (χ1n) is 4.56. The number of amides is 1. The molecule has 0 spiro atoms. The molecule has 0 unspecified atom stereocenters. The van der Waals surface area contributed by atoms with Crippen LogP contribution in [-0.4, -0.2) is 31.6 Å². The van der Waals surface area contributed by atoms with Gasteiger partial charge in [-0.05, 0) is 32.4 Å². The van der Waals surface area contributed by atoms with Crippen LogP contribution in [0.25, 0.3) is 0 Å². The minimum atomic E-state index is 0.0442. The largest absolute Gasteiger partial charge is 0.355 e. The molecule has 0 aromatic heterocycles. The van der Waals surface area contributed by atoms with Gasteiger partial charge >= 0.3 is 0 Å². The summed E-state index contributed by atoms with van der Waals surface area (Å²) in [5, 5.41) is 5.98. The highest BCUT2D eigenvalue weighted by atomic mass is 16.2. The van der Waals surface area contributed by atoms with Crippen LogP contribution in [0.1, 0.15) is 19.3 Å². The molecular formula is C8H17N3O. The Kier molecular flexibility index (Phi) is 4.04. The van der Waals surface area contributed by atoms with E-state index in [1.807, 2.05) is 0 Å². The molecule has 4 nitrogen and oxygen atoms in total. The molecule has 0 saturated carbocycles. The number of nitrogens with two attached hydrogens (primary N) is 1. The standard InChI is InChI=1S/C8H17N3O/c9-4-2-6-11-8(12)7-3-1-5-10-7/h7,10H,1-6,9H2,(H,11,12)/t7-/m0/s1. The second-order valence-electron chi connectivity index (χ2n) is 3.08. The average molecular weight is 171 g/mol. The van der Waals surface area contributed by atoms with Gasteiger partial charge < -0.3 is 16.4 Å². The van der Waals surface area contributed by atoms with Crippen molar-refractivity contribution in [3.05, 3.63) is 0 Å². The van der Waals surface area contributed by atoms with Gasteiger partial charge in [-0.2, -0.15) is 0 Å². The number of rotatable bonds is 4. The summed E-state index contributed by atoms with van der Waals surface area (Å²) >= 11 is 0. The molecule has 0 aromatic rings. The van der Waals surface area contributed by atoms with Gasteiger partial charge in [-0.25, -0.2) is 0 Å². The summed E-state index contributed by atoms with van der Waals surface area (Å²) in [5.74, 6) is 0.126. The predicted octanol–water partition coefficient (Wildman–Crippen LogP) is -0.797. The monoisotopic (exact) mass is 171 g/mol. The third-order valence-electron chi connectivity index (χ3n) is 2.06. The molecule has 12 heavy (non-hydrogen) atoms. The molecule has 0 radical (unpaired) electrons. The van der Waals surface area contributed by atoms with Crippen LogP contribution in [0.2, 0.25) is 0 Å². The van der Waals surface area contributed by atoms with E-state index in [2.05, 4.69) is 10.6 Å². The van der Waals surface area contributed by atoms with Crippen LogP contribution in [0.5, 0.6) is 0 Å². The van der Waals surface area contributed by atoms with E-state index < -0.39 is 0 Å². The van der Waals surface area contributed by atoms with Gasteiger partial charge in [0.25, 0.3) is 0 Å². The zero-order valence-corrected chi connectivity index (χ0v) is 7.31.